The Morgan fingerprint density at radius 2 is 2.00 bits per heavy atom. The van der Waals surface area contributed by atoms with Gasteiger partial charge in [0, 0.05) is 19.0 Å². The van der Waals surface area contributed by atoms with Crippen LogP contribution in [-0.2, 0) is 13.0 Å². The van der Waals surface area contributed by atoms with Crippen LogP contribution in [0.2, 0.25) is 0 Å². The van der Waals surface area contributed by atoms with Gasteiger partial charge in [-0.1, -0.05) is 43.7 Å². The first kappa shape index (κ1) is 14.2. The third kappa shape index (κ3) is 3.11. The third-order valence-corrected chi connectivity index (χ3v) is 3.97. The van der Waals surface area contributed by atoms with E-state index < -0.39 is 0 Å². The highest BCUT2D eigenvalue weighted by atomic mass is 16.5. The number of aryl methyl sites for hydroxylation is 1. The predicted octanol–water partition coefficient (Wildman–Crippen LogP) is 4.09. The molecule has 110 valence electrons. The van der Waals surface area contributed by atoms with Crippen LogP contribution in [0.1, 0.15) is 30.5 Å². The average molecular weight is 281 g/mol. The van der Waals surface area contributed by atoms with E-state index in [1.54, 1.807) is 0 Å². The van der Waals surface area contributed by atoms with Crippen LogP contribution >= 0.6 is 0 Å². The topological polar surface area (TPSA) is 21.3 Å². The lowest BCUT2D eigenvalue weighted by molar-refractivity contribution is 0.357. The molecule has 0 aliphatic carbocycles. The minimum Gasteiger partial charge on any atom is -0.493 e. The van der Waals surface area contributed by atoms with Crippen molar-refractivity contribution in [1.82, 2.24) is 5.32 Å². The minimum absolute atomic E-state index is 0.493. The molecule has 1 N–H and O–H groups in total. The van der Waals surface area contributed by atoms with Crippen molar-refractivity contribution in [2.24, 2.45) is 0 Å². The first-order chi connectivity index (χ1) is 10.1. The maximum Gasteiger partial charge on any atom is 0.122 e. The Hall–Kier alpha value is -1.80. The molecule has 1 aliphatic rings. The zero-order valence-corrected chi connectivity index (χ0v) is 13.1. The Labute approximate surface area is 127 Å². The molecular weight excluding hydrogens is 258 g/mol. The molecule has 0 saturated heterocycles. The Bertz CT molecular complexity index is 646. The van der Waals surface area contributed by atoms with Crippen LogP contribution in [0.4, 0.5) is 0 Å². The molecule has 2 nitrogen and oxygen atoms in total. The summed E-state index contributed by atoms with van der Waals surface area (Å²) in [6.07, 6.45) is 1.02. The van der Waals surface area contributed by atoms with Gasteiger partial charge in [-0.25, -0.2) is 0 Å². The van der Waals surface area contributed by atoms with E-state index in [1.807, 2.05) is 0 Å². The molecule has 2 heteroatoms. The van der Waals surface area contributed by atoms with Gasteiger partial charge in [0.2, 0.25) is 0 Å². The first-order valence-corrected chi connectivity index (χ1v) is 7.72. The van der Waals surface area contributed by atoms with Crippen molar-refractivity contribution in [3.05, 3.63) is 53.1 Å². The summed E-state index contributed by atoms with van der Waals surface area (Å²) in [6, 6.07) is 13.8. The third-order valence-electron chi connectivity index (χ3n) is 3.97. The molecule has 0 saturated carbocycles. The number of rotatable bonds is 4. The average Bonchev–Trinajstić information content (AvgIpc) is 2.93. The van der Waals surface area contributed by atoms with Crippen LogP contribution < -0.4 is 10.1 Å². The van der Waals surface area contributed by atoms with Crippen LogP contribution in [0.15, 0.2) is 36.4 Å². The lowest BCUT2D eigenvalue weighted by Crippen LogP contribution is -2.22. The Morgan fingerprint density at radius 3 is 2.81 bits per heavy atom. The number of benzene rings is 2. The van der Waals surface area contributed by atoms with Crippen LogP contribution in [0.25, 0.3) is 11.1 Å². The highest BCUT2D eigenvalue weighted by Crippen LogP contribution is 2.32. The molecule has 0 atom stereocenters. The predicted molar refractivity (Wildman–Crippen MR) is 87.8 cm³/mol. The molecule has 21 heavy (non-hydrogen) atoms. The molecule has 0 spiro atoms. The second kappa shape index (κ2) is 5.90. The number of hydrogen-bond donors (Lipinski definition) is 1. The molecule has 2 aromatic rings. The maximum absolute atomic E-state index is 5.61. The van der Waals surface area contributed by atoms with Crippen LogP contribution in [0, 0.1) is 6.92 Å². The lowest BCUT2D eigenvalue weighted by atomic mass is 9.95. The normalized spacial score (nSPS) is 13.3. The Balaban J connectivity index is 1.98. The Morgan fingerprint density at radius 1 is 1.14 bits per heavy atom. The van der Waals surface area contributed by atoms with Crippen molar-refractivity contribution in [3.63, 3.8) is 0 Å². The van der Waals surface area contributed by atoms with Crippen LogP contribution in [0.5, 0.6) is 5.75 Å². The number of nitrogens with one attached hydrogen (secondary N) is 1. The van der Waals surface area contributed by atoms with Crippen molar-refractivity contribution in [2.45, 2.75) is 39.8 Å². The number of fused-ring (bicyclic) bond motifs is 1. The van der Waals surface area contributed by atoms with Crippen molar-refractivity contribution in [1.29, 1.82) is 0 Å². The minimum atomic E-state index is 0.493. The molecule has 0 amide bonds. The highest BCUT2D eigenvalue weighted by Gasteiger charge is 2.14. The number of ether oxygens (including phenoxy) is 1. The van der Waals surface area contributed by atoms with Gasteiger partial charge in [-0.05, 0) is 41.3 Å². The zero-order valence-electron chi connectivity index (χ0n) is 13.1. The van der Waals surface area contributed by atoms with E-state index in [2.05, 4.69) is 62.5 Å². The fourth-order valence-electron chi connectivity index (χ4n) is 2.78. The van der Waals surface area contributed by atoms with Crippen LogP contribution in [0.3, 0.4) is 0 Å². The fourth-order valence-corrected chi connectivity index (χ4v) is 2.78. The molecule has 0 radical (unpaired) electrons. The van der Waals surface area contributed by atoms with E-state index in [-0.39, 0.29) is 0 Å². The smallest absolute Gasteiger partial charge is 0.122 e. The van der Waals surface area contributed by atoms with E-state index in [0.29, 0.717) is 6.04 Å². The highest BCUT2D eigenvalue weighted by molar-refractivity contribution is 5.70. The molecule has 0 unspecified atom stereocenters. The van der Waals surface area contributed by atoms with E-state index in [0.717, 1.165) is 25.3 Å². The van der Waals surface area contributed by atoms with Crippen molar-refractivity contribution in [3.8, 4) is 16.9 Å². The standard InChI is InChI=1S/C19H23NO/c1-13(2)20-12-17-5-4-14(3)10-18(17)15-6-7-19-16(11-15)8-9-21-19/h4-7,10-11,13,20H,8-9,12H2,1-3H3. The van der Waals surface area contributed by atoms with Gasteiger partial charge in [0.05, 0.1) is 6.61 Å². The Kier molecular flexibility index (Phi) is 3.98. The molecule has 0 fully saturated rings. The summed E-state index contributed by atoms with van der Waals surface area (Å²) in [5.74, 6) is 1.05. The molecule has 3 rings (SSSR count). The summed E-state index contributed by atoms with van der Waals surface area (Å²) in [6.45, 7) is 8.23. The summed E-state index contributed by atoms with van der Waals surface area (Å²) in [5, 5.41) is 3.52. The molecule has 1 heterocycles. The quantitative estimate of drug-likeness (QED) is 0.911. The molecule has 2 aromatic carbocycles. The molecular formula is C19H23NO. The van der Waals surface area contributed by atoms with Gasteiger partial charge in [0.25, 0.3) is 0 Å². The van der Waals surface area contributed by atoms with E-state index in [1.165, 1.54) is 27.8 Å². The molecule has 1 aliphatic heterocycles. The lowest BCUT2D eigenvalue weighted by Gasteiger charge is -2.14. The van der Waals surface area contributed by atoms with Gasteiger partial charge < -0.3 is 10.1 Å². The van der Waals surface area contributed by atoms with Crippen LogP contribution in [-0.4, -0.2) is 12.6 Å². The maximum atomic E-state index is 5.61. The van der Waals surface area contributed by atoms with Gasteiger partial charge in [0.1, 0.15) is 5.75 Å². The summed E-state index contributed by atoms with van der Waals surface area (Å²) >= 11 is 0. The fraction of sp³-hybridized carbons (Fsp3) is 0.368. The second-order valence-electron chi connectivity index (χ2n) is 6.12. The second-order valence-corrected chi connectivity index (χ2v) is 6.12. The van der Waals surface area contributed by atoms with Gasteiger partial charge in [-0.15, -0.1) is 0 Å². The SMILES string of the molecule is Cc1ccc(CNC(C)C)c(-c2ccc3c(c2)CCO3)c1. The van der Waals surface area contributed by atoms with Gasteiger partial charge in [0.15, 0.2) is 0 Å². The van der Waals surface area contributed by atoms with Gasteiger partial charge >= 0.3 is 0 Å². The van der Waals surface area contributed by atoms with Crippen molar-refractivity contribution >= 4 is 0 Å². The largest absolute Gasteiger partial charge is 0.493 e. The first-order valence-electron chi connectivity index (χ1n) is 7.72. The summed E-state index contributed by atoms with van der Waals surface area (Å²) < 4.78 is 5.61. The van der Waals surface area contributed by atoms with Crippen molar-refractivity contribution in [2.75, 3.05) is 6.61 Å². The zero-order chi connectivity index (χ0) is 14.8. The summed E-state index contributed by atoms with van der Waals surface area (Å²) in [5.41, 5.74) is 6.61. The molecule has 0 bridgehead atoms. The monoisotopic (exact) mass is 281 g/mol. The van der Waals surface area contributed by atoms with E-state index >= 15 is 0 Å². The van der Waals surface area contributed by atoms with E-state index in [4.69, 9.17) is 4.74 Å². The van der Waals surface area contributed by atoms with E-state index in [9.17, 15) is 0 Å². The molecule has 0 aromatic heterocycles. The van der Waals surface area contributed by atoms with Gasteiger partial charge in [-0.2, -0.15) is 0 Å². The summed E-state index contributed by atoms with van der Waals surface area (Å²) in [4.78, 5) is 0. The van der Waals surface area contributed by atoms with Gasteiger partial charge in [-0.3, -0.25) is 0 Å². The summed E-state index contributed by atoms with van der Waals surface area (Å²) in [7, 11) is 0. The van der Waals surface area contributed by atoms with Crippen molar-refractivity contribution < 1.29 is 4.74 Å². The number of hydrogen-bond acceptors (Lipinski definition) is 2.